The van der Waals surface area contributed by atoms with Crippen LogP contribution in [0.25, 0.3) is 0 Å². The highest BCUT2D eigenvalue weighted by Crippen LogP contribution is 2.25. The van der Waals surface area contributed by atoms with E-state index in [2.05, 4.69) is 20.7 Å². The fourth-order valence-electron chi connectivity index (χ4n) is 2.61. The fraction of sp³-hybridized carbons (Fsp3) is 0.500. The van der Waals surface area contributed by atoms with Crippen molar-refractivity contribution in [3.63, 3.8) is 0 Å². The lowest BCUT2D eigenvalue weighted by Crippen LogP contribution is -2.45. The number of hydrogen-bond acceptors (Lipinski definition) is 3. The fourth-order valence-corrected chi connectivity index (χ4v) is 2.61. The van der Waals surface area contributed by atoms with Gasteiger partial charge in [0.15, 0.2) is 0 Å². The van der Waals surface area contributed by atoms with E-state index in [1.54, 1.807) is 6.07 Å². The lowest BCUT2D eigenvalue weighted by molar-refractivity contribution is -0.115. The summed E-state index contributed by atoms with van der Waals surface area (Å²) in [5.74, 6) is -0.661. The number of halogens is 2. The highest BCUT2D eigenvalue weighted by Gasteiger charge is 2.16. The van der Waals surface area contributed by atoms with Crippen LogP contribution in [0.4, 0.5) is 19.3 Å². The molecule has 132 valence electrons. The maximum absolute atomic E-state index is 12.3. The average molecular weight is 341 g/mol. The predicted octanol–water partition coefficient (Wildman–Crippen LogP) is 2.86. The molecule has 0 aliphatic heterocycles. The van der Waals surface area contributed by atoms with Crippen LogP contribution in [0.5, 0.6) is 5.75 Å². The molecule has 1 aromatic rings. The summed E-state index contributed by atoms with van der Waals surface area (Å²) in [7, 11) is 0. The lowest BCUT2D eigenvalue weighted by atomic mass is 9.96. The monoisotopic (exact) mass is 341 g/mol. The van der Waals surface area contributed by atoms with Crippen LogP contribution in [0, 0.1) is 0 Å². The Kier molecular flexibility index (Phi) is 6.77. The van der Waals surface area contributed by atoms with Gasteiger partial charge < -0.3 is 20.7 Å². The van der Waals surface area contributed by atoms with Crippen LogP contribution in [0.15, 0.2) is 24.3 Å². The second kappa shape index (κ2) is 9.05. The number of hydrogen-bond donors (Lipinski definition) is 3. The third kappa shape index (κ3) is 6.02. The maximum Gasteiger partial charge on any atom is 0.387 e. The van der Waals surface area contributed by atoms with Crippen LogP contribution >= 0.6 is 0 Å². The van der Waals surface area contributed by atoms with Gasteiger partial charge in [-0.1, -0.05) is 31.4 Å². The zero-order chi connectivity index (χ0) is 17.4. The van der Waals surface area contributed by atoms with Gasteiger partial charge in [0.05, 0.1) is 12.2 Å². The minimum absolute atomic E-state index is 0.122. The number of para-hydroxylation sites is 2. The maximum atomic E-state index is 12.3. The summed E-state index contributed by atoms with van der Waals surface area (Å²) in [5.41, 5.74) is 0.122. The van der Waals surface area contributed by atoms with Crippen molar-refractivity contribution in [3.05, 3.63) is 24.3 Å². The Morgan fingerprint density at radius 2 is 1.88 bits per heavy atom. The smallest absolute Gasteiger partial charge is 0.387 e. The summed E-state index contributed by atoms with van der Waals surface area (Å²) in [6, 6.07) is 5.60. The van der Waals surface area contributed by atoms with Gasteiger partial charge in [-0.2, -0.15) is 8.78 Å². The highest BCUT2D eigenvalue weighted by atomic mass is 19.3. The molecule has 0 unspecified atom stereocenters. The van der Waals surface area contributed by atoms with Crippen molar-refractivity contribution in [2.75, 3.05) is 11.9 Å². The van der Waals surface area contributed by atoms with Crippen molar-refractivity contribution in [1.82, 2.24) is 10.6 Å². The highest BCUT2D eigenvalue weighted by molar-refractivity contribution is 5.95. The van der Waals surface area contributed by atoms with Gasteiger partial charge >= 0.3 is 12.6 Å². The molecule has 0 bridgehead atoms. The van der Waals surface area contributed by atoms with Gasteiger partial charge in [-0.05, 0) is 25.0 Å². The van der Waals surface area contributed by atoms with Gasteiger partial charge in [0, 0.05) is 6.04 Å². The van der Waals surface area contributed by atoms with E-state index in [9.17, 15) is 18.4 Å². The Bertz CT molecular complexity index is 563. The van der Waals surface area contributed by atoms with E-state index in [0.29, 0.717) is 0 Å². The van der Waals surface area contributed by atoms with Crippen molar-refractivity contribution < 1.29 is 23.1 Å². The first-order chi connectivity index (χ1) is 11.5. The number of anilines is 1. The molecule has 1 fully saturated rings. The van der Waals surface area contributed by atoms with Gasteiger partial charge in [0.2, 0.25) is 5.91 Å². The minimum Gasteiger partial charge on any atom is -0.433 e. The van der Waals surface area contributed by atoms with Crippen molar-refractivity contribution in [3.8, 4) is 5.75 Å². The second-order valence-electron chi connectivity index (χ2n) is 5.58. The third-order valence-electron chi connectivity index (χ3n) is 3.73. The molecule has 0 spiro atoms. The number of ether oxygens (including phenoxy) is 1. The molecule has 0 aromatic heterocycles. The first-order valence-corrected chi connectivity index (χ1v) is 7.92. The van der Waals surface area contributed by atoms with Crippen molar-refractivity contribution in [2.24, 2.45) is 0 Å². The topological polar surface area (TPSA) is 79.5 Å². The van der Waals surface area contributed by atoms with Crippen LogP contribution in [0.1, 0.15) is 32.1 Å². The molecule has 3 N–H and O–H groups in total. The van der Waals surface area contributed by atoms with Gasteiger partial charge in [-0.3, -0.25) is 4.79 Å². The van der Waals surface area contributed by atoms with E-state index < -0.39 is 18.5 Å². The Hall–Kier alpha value is -2.38. The summed E-state index contributed by atoms with van der Waals surface area (Å²) in [5, 5.41) is 7.72. The Morgan fingerprint density at radius 3 is 2.58 bits per heavy atom. The summed E-state index contributed by atoms with van der Waals surface area (Å²) >= 11 is 0. The van der Waals surface area contributed by atoms with E-state index in [-0.39, 0.29) is 24.0 Å². The Morgan fingerprint density at radius 1 is 1.17 bits per heavy atom. The molecule has 0 heterocycles. The van der Waals surface area contributed by atoms with Crippen molar-refractivity contribution >= 4 is 17.6 Å². The number of urea groups is 1. The van der Waals surface area contributed by atoms with Gasteiger partial charge in [-0.25, -0.2) is 4.79 Å². The number of amides is 3. The first kappa shape index (κ1) is 18.0. The summed E-state index contributed by atoms with van der Waals surface area (Å²) in [6.45, 7) is -3.25. The molecular formula is C16H21F2N3O3. The molecule has 0 saturated heterocycles. The summed E-state index contributed by atoms with van der Waals surface area (Å²) < 4.78 is 29.0. The zero-order valence-electron chi connectivity index (χ0n) is 13.2. The molecule has 1 aliphatic carbocycles. The van der Waals surface area contributed by atoms with Gasteiger partial charge in [-0.15, -0.1) is 0 Å². The summed E-state index contributed by atoms with van der Waals surface area (Å²) in [4.78, 5) is 23.6. The molecule has 24 heavy (non-hydrogen) atoms. The molecule has 1 saturated carbocycles. The minimum atomic E-state index is -2.98. The molecule has 1 aliphatic rings. The standard InChI is InChI=1S/C16H21F2N3O3/c17-15(18)24-13-9-5-4-8-12(13)21-14(22)10-19-16(23)20-11-6-2-1-3-7-11/h4-5,8-9,11,15H,1-3,6-7,10H2,(H,21,22)(H2,19,20,23). The predicted molar refractivity (Wildman–Crippen MR) is 85.1 cm³/mol. The lowest BCUT2D eigenvalue weighted by Gasteiger charge is -2.22. The molecule has 3 amide bonds. The van der Waals surface area contributed by atoms with Crippen molar-refractivity contribution in [1.29, 1.82) is 0 Å². The molecule has 8 heteroatoms. The number of rotatable bonds is 6. The average Bonchev–Trinajstić information content (AvgIpc) is 2.55. The molecule has 1 aromatic carbocycles. The van der Waals surface area contributed by atoms with Crippen LogP contribution in [0.2, 0.25) is 0 Å². The summed E-state index contributed by atoms with van der Waals surface area (Å²) in [6.07, 6.45) is 5.25. The normalized spacial score (nSPS) is 15.0. The Balaban J connectivity index is 1.77. The largest absolute Gasteiger partial charge is 0.433 e. The first-order valence-electron chi connectivity index (χ1n) is 7.92. The van der Waals surface area contributed by atoms with Crippen LogP contribution in [0.3, 0.4) is 0 Å². The molecule has 2 rings (SSSR count). The number of carbonyl (C=O) groups is 2. The van der Waals surface area contributed by atoms with E-state index >= 15 is 0 Å². The van der Waals surface area contributed by atoms with Crippen LogP contribution in [-0.4, -0.2) is 31.1 Å². The number of nitrogens with one attached hydrogen (secondary N) is 3. The number of benzene rings is 1. The van der Waals surface area contributed by atoms with Gasteiger partial charge in [0.1, 0.15) is 5.75 Å². The van der Waals surface area contributed by atoms with E-state index in [4.69, 9.17) is 0 Å². The molecule has 0 radical (unpaired) electrons. The molecule has 6 nitrogen and oxygen atoms in total. The number of alkyl halides is 2. The van der Waals surface area contributed by atoms with Crippen molar-refractivity contribution in [2.45, 2.75) is 44.8 Å². The van der Waals surface area contributed by atoms with Crippen LogP contribution < -0.4 is 20.7 Å². The van der Waals surface area contributed by atoms with E-state index in [1.807, 2.05) is 0 Å². The third-order valence-corrected chi connectivity index (χ3v) is 3.73. The zero-order valence-corrected chi connectivity index (χ0v) is 13.2. The molecular weight excluding hydrogens is 320 g/mol. The molecule has 0 atom stereocenters. The Labute approximate surface area is 138 Å². The quantitative estimate of drug-likeness (QED) is 0.744. The second-order valence-corrected chi connectivity index (χ2v) is 5.58. The van der Waals surface area contributed by atoms with Crippen LogP contribution in [-0.2, 0) is 4.79 Å². The van der Waals surface area contributed by atoms with E-state index in [0.717, 1.165) is 25.7 Å². The number of carbonyl (C=O) groups excluding carboxylic acids is 2. The van der Waals surface area contributed by atoms with E-state index in [1.165, 1.54) is 24.6 Å². The SMILES string of the molecule is O=C(CNC(=O)NC1CCCCC1)Nc1ccccc1OC(F)F. The van der Waals surface area contributed by atoms with Gasteiger partial charge in [0.25, 0.3) is 0 Å².